The molecule has 7 heteroatoms. The van der Waals surface area contributed by atoms with Crippen LogP contribution in [0.25, 0.3) is 0 Å². The first-order valence-corrected chi connectivity index (χ1v) is 7.58. The summed E-state index contributed by atoms with van der Waals surface area (Å²) in [5.74, 6) is -0.317. The first-order chi connectivity index (χ1) is 10.3. The lowest BCUT2D eigenvalue weighted by Crippen LogP contribution is -2.48. The second kappa shape index (κ2) is 8.33. The van der Waals surface area contributed by atoms with Gasteiger partial charge in [-0.15, -0.1) is 0 Å². The van der Waals surface area contributed by atoms with E-state index in [1.54, 1.807) is 4.90 Å². The Morgan fingerprint density at radius 1 is 1.27 bits per heavy atom. The molecule has 0 saturated carbocycles. The molecule has 128 valence electrons. The molecule has 22 heavy (non-hydrogen) atoms. The van der Waals surface area contributed by atoms with E-state index in [9.17, 15) is 9.59 Å². The molecule has 1 fully saturated rings. The van der Waals surface area contributed by atoms with Gasteiger partial charge in [-0.1, -0.05) is 0 Å². The largest absolute Gasteiger partial charge is 0.444 e. The number of piperidine rings is 1. The Bertz CT molecular complexity index is 377. The van der Waals surface area contributed by atoms with Crippen LogP contribution in [0, 0.1) is 5.92 Å². The number of hydrogen-bond acceptors (Lipinski definition) is 5. The van der Waals surface area contributed by atoms with E-state index in [1.807, 2.05) is 20.8 Å². The van der Waals surface area contributed by atoms with Crippen molar-refractivity contribution in [2.45, 2.75) is 45.5 Å². The lowest BCUT2D eigenvalue weighted by molar-refractivity contribution is -0.132. The number of nitrogens with zero attached hydrogens (tertiary/aromatic N) is 1. The number of carbonyl (C=O) groups is 2. The molecule has 1 unspecified atom stereocenters. The van der Waals surface area contributed by atoms with Gasteiger partial charge in [0.1, 0.15) is 5.60 Å². The van der Waals surface area contributed by atoms with Gasteiger partial charge in [-0.05, 0) is 33.6 Å². The maximum absolute atomic E-state index is 12.2. The maximum atomic E-state index is 12.2. The van der Waals surface area contributed by atoms with Crippen molar-refractivity contribution < 1.29 is 23.8 Å². The molecule has 0 aromatic carbocycles. The molecule has 1 aliphatic rings. The van der Waals surface area contributed by atoms with Gasteiger partial charge in [0.2, 0.25) is 5.91 Å². The molecule has 0 radical (unpaired) electrons. The maximum Gasteiger partial charge on any atom is 0.410 e. The fourth-order valence-corrected chi connectivity index (χ4v) is 2.27. The zero-order valence-corrected chi connectivity index (χ0v) is 14.2. The molecule has 1 heterocycles. The Balaban J connectivity index is 2.48. The molecule has 0 spiro atoms. The summed E-state index contributed by atoms with van der Waals surface area (Å²) in [7, 11) is 3.04. The molecule has 0 aromatic rings. The van der Waals surface area contributed by atoms with Gasteiger partial charge in [-0.25, -0.2) is 4.79 Å². The summed E-state index contributed by atoms with van der Waals surface area (Å²) < 4.78 is 15.4. The Morgan fingerprint density at radius 3 is 2.45 bits per heavy atom. The number of methoxy groups -OCH3 is 2. The molecule has 0 aliphatic carbocycles. The Morgan fingerprint density at radius 2 is 1.91 bits per heavy atom. The fraction of sp³-hybridized carbons (Fsp3) is 0.867. The third-order valence-corrected chi connectivity index (χ3v) is 3.41. The van der Waals surface area contributed by atoms with E-state index in [-0.39, 0.29) is 24.5 Å². The highest BCUT2D eigenvalue weighted by atomic mass is 16.7. The quantitative estimate of drug-likeness (QED) is 0.775. The van der Waals surface area contributed by atoms with Crippen LogP contribution in [0.3, 0.4) is 0 Å². The predicted molar refractivity (Wildman–Crippen MR) is 81.3 cm³/mol. The zero-order chi connectivity index (χ0) is 16.8. The van der Waals surface area contributed by atoms with Crippen molar-refractivity contribution >= 4 is 12.0 Å². The van der Waals surface area contributed by atoms with Crippen molar-refractivity contribution in [2.24, 2.45) is 5.92 Å². The molecule has 1 saturated heterocycles. The molecular formula is C15H28N2O5. The number of nitrogens with one attached hydrogen (secondary N) is 1. The van der Waals surface area contributed by atoms with Crippen LogP contribution in [0.5, 0.6) is 0 Å². The van der Waals surface area contributed by atoms with Crippen LogP contribution in [0.4, 0.5) is 4.79 Å². The highest BCUT2D eigenvalue weighted by Crippen LogP contribution is 2.19. The minimum absolute atomic E-state index is 0.0904. The number of amides is 2. The minimum Gasteiger partial charge on any atom is -0.444 e. The van der Waals surface area contributed by atoms with Crippen molar-refractivity contribution in [1.82, 2.24) is 10.2 Å². The molecule has 1 rings (SSSR count). The summed E-state index contributed by atoms with van der Waals surface area (Å²) in [6.45, 7) is 6.77. The number of rotatable bonds is 5. The van der Waals surface area contributed by atoms with Gasteiger partial charge >= 0.3 is 6.09 Å². The number of carbonyl (C=O) groups excluding carboxylic acids is 2. The number of ether oxygens (including phenoxy) is 3. The summed E-state index contributed by atoms with van der Waals surface area (Å²) >= 11 is 0. The first-order valence-electron chi connectivity index (χ1n) is 7.58. The highest BCUT2D eigenvalue weighted by molar-refractivity contribution is 5.80. The van der Waals surface area contributed by atoms with Gasteiger partial charge in [0, 0.05) is 27.3 Å². The van der Waals surface area contributed by atoms with Crippen LogP contribution in [0.2, 0.25) is 0 Å². The Kier molecular flexibility index (Phi) is 7.09. The molecule has 1 atom stereocenters. The lowest BCUT2D eigenvalue weighted by atomic mass is 9.97. The van der Waals surface area contributed by atoms with Gasteiger partial charge in [0.05, 0.1) is 12.5 Å². The van der Waals surface area contributed by atoms with Crippen molar-refractivity contribution in [3.05, 3.63) is 0 Å². The van der Waals surface area contributed by atoms with E-state index in [2.05, 4.69) is 5.32 Å². The molecule has 1 aliphatic heterocycles. The second-order valence-electron chi connectivity index (χ2n) is 6.41. The van der Waals surface area contributed by atoms with E-state index in [4.69, 9.17) is 14.2 Å². The molecule has 0 aromatic heterocycles. The van der Waals surface area contributed by atoms with Gasteiger partial charge in [0.15, 0.2) is 6.29 Å². The average molecular weight is 316 g/mol. The van der Waals surface area contributed by atoms with E-state index in [0.29, 0.717) is 13.1 Å². The first kappa shape index (κ1) is 18.7. The zero-order valence-electron chi connectivity index (χ0n) is 14.2. The van der Waals surface area contributed by atoms with Crippen molar-refractivity contribution in [3.63, 3.8) is 0 Å². The van der Waals surface area contributed by atoms with Crippen molar-refractivity contribution in [3.8, 4) is 0 Å². The standard InChI is InChI=1S/C15H28N2O5/c1-15(2,3)22-14(19)17-8-6-7-11(10-17)13(18)16-9-12(20-4)21-5/h11-12H,6-10H2,1-5H3,(H,16,18). The van der Waals surface area contributed by atoms with E-state index < -0.39 is 11.9 Å². The SMILES string of the molecule is COC(CNC(=O)C1CCCN(C(=O)OC(C)(C)C)C1)OC. The number of hydrogen-bond donors (Lipinski definition) is 1. The van der Waals surface area contributed by atoms with Crippen LogP contribution in [-0.4, -0.2) is 62.6 Å². The van der Waals surface area contributed by atoms with Crippen molar-refractivity contribution in [1.29, 1.82) is 0 Å². The fourth-order valence-electron chi connectivity index (χ4n) is 2.27. The second-order valence-corrected chi connectivity index (χ2v) is 6.41. The number of likely N-dealkylation sites (tertiary alicyclic amines) is 1. The highest BCUT2D eigenvalue weighted by Gasteiger charge is 2.31. The molecular weight excluding hydrogens is 288 g/mol. The predicted octanol–water partition coefficient (Wildman–Crippen LogP) is 1.37. The van der Waals surface area contributed by atoms with E-state index in [1.165, 1.54) is 14.2 Å². The van der Waals surface area contributed by atoms with Gasteiger partial charge in [-0.3, -0.25) is 4.79 Å². The van der Waals surface area contributed by atoms with Crippen molar-refractivity contribution in [2.75, 3.05) is 33.9 Å². The molecule has 7 nitrogen and oxygen atoms in total. The normalized spacial score (nSPS) is 19.2. The minimum atomic E-state index is -0.531. The van der Waals surface area contributed by atoms with Crippen LogP contribution < -0.4 is 5.32 Å². The third kappa shape index (κ3) is 6.19. The smallest absolute Gasteiger partial charge is 0.410 e. The molecule has 2 amide bonds. The van der Waals surface area contributed by atoms with Crippen LogP contribution in [0.1, 0.15) is 33.6 Å². The Labute approximate surface area is 132 Å². The molecule has 1 N–H and O–H groups in total. The summed E-state index contributed by atoms with van der Waals surface area (Å²) in [6.07, 6.45) is 0.719. The van der Waals surface area contributed by atoms with Gasteiger partial charge in [0.25, 0.3) is 0 Å². The van der Waals surface area contributed by atoms with Gasteiger partial charge in [-0.2, -0.15) is 0 Å². The summed E-state index contributed by atoms with van der Waals surface area (Å²) in [4.78, 5) is 25.9. The van der Waals surface area contributed by atoms with E-state index in [0.717, 1.165) is 12.8 Å². The van der Waals surface area contributed by atoms with Crippen LogP contribution in [-0.2, 0) is 19.0 Å². The van der Waals surface area contributed by atoms with Crippen LogP contribution >= 0.6 is 0 Å². The lowest BCUT2D eigenvalue weighted by Gasteiger charge is -2.33. The summed E-state index contributed by atoms with van der Waals surface area (Å²) in [5.41, 5.74) is -0.531. The average Bonchev–Trinajstić information content (AvgIpc) is 2.46. The summed E-state index contributed by atoms with van der Waals surface area (Å²) in [5, 5.41) is 2.79. The third-order valence-electron chi connectivity index (χ3n) is 3.41. The van der Waals surface area contributed by atoms with Gasteiger partial charge < -0.3 is 24.4 Å². The van der Waals surface area contributed by atoms with Crippen LogP contribution in [0.15, 0.2) is 0 Å². The summed E-state index contributed by atoms with van der Waals surface area (Å²) in [6, 6.07) is 0. The monoisotopic (exact) mass is 316 g/mol. The topological polar surface area (TPSA) is 77.1 Å². The Hall–Kier alpha value is -1.34. The van der Waals surface area contributed by atoms with E-state index >= 15 is 0 Å². The molecule has 0 bridgehead atoms.